The predicted molar refractivity (Wildman–Crippen MR) is 52.6 cm³/mol. The standard InChI is InChI=1S/C11H10F4O2/c1-3-17-10-7(6(2)16)4-5-8(9(10)12)11(13,14)15/h4-5H,3H2,1-2H3. The first kappa shape index (κ1) is 13.5. The molecular formula is C11H10F4O2. The van der Waals surface area contributed by atoms with E-state index in [0.29, 0.717) is 6.07 Å². The van der Waals surface area contributed by atoms with Gasteiger partial charge in [-0.3, -0.25) is 4.79 Å². The smallest absolute Gasteiger partial charge is 0.419 e. The summed E-state index contributed by atoms with van der Waals surface area (Å²) >= 11 is 0. The lowest BCUT2D eigenvalue weighted by Crippen LogP contribution is -2.12. The Hall–Kier alpha value is -1.59. The zero-order chi connectivity index (χ0) is 13.2. The maximum Gasteiger partial charge on any atom is 0.419 e. The molecule has 0 bridgehead atoms. The van der Waals surface area contributed by atoms with Gasteiger partial charge in [-0.15, -0.1) is 0 Å². The van der Waals surface area contributed by atoms with Crippen LogP contribution in [0.15, 0.2) is 12.1 Å². The summed E-state index contributed by atoms with van der Waals surface area (Å²) < 4.78 is 55.6. The van der Waals surface area contributed by atoms with E-state index in [1.54, 1.807) is 0 Å². The van der Waals surface area contributed by atoms with Crippen LogP contribution in [-0.2, 0) is 6.18 Å². The molecule has 0 saturated carbocycles. The van der Waals surface area contributed by atoms with Crippen LogP contribution in [0.5, 0.6) is 5.75 Å². The zero-order valence-corrected chi connectivity index (χ0v) is 9.19. The molecule has 0 unspecified atom stereocenters. The third-order valence-corrected chi connectivity index (χ3v) is 2.07. The average molecular weight is 250 g/mol. The van der Waals surface area contributed by atoms with E-state index in [2.05, 4.69) is 0 Å². The van der Waals surface area contributed by atoms with Crippen LogP contribution in [0.2, 0.25) is 0 Å². The second-order valence-corrected chi connectivity index (χ2v) is 3.29. The number of hydrogen-bond donors (Lipinski definition) is 0. The molecule has 0 radical (unpaired) electrons. The Bertz CT molecular complexity index is 438. The Morgan fingerprint density at radius 1 is 1.35 bits per heavy atom. The van der Waals surface area contributed by atoms with Crippen molar-refractivity contribution >= 4 is 5.78 Å². The van der Waals surface area contributed by atoms with Crippen LogP contribution in [0.3, 0.4) is 0 Å². The summed E-state index contributed by atoms with van der Waals surface area (Å²) in [6.45, 7) is 2.59. The number of Topliss-reactive ketones (excluding diaryl/α,β-unsaturated/α-hetero) is 1. The van der Waals surface area contributed by atoms with Crippen LogP contribution in [0.25, 0.3) is 0 Å². The number of carbonyl (C=O) groups excluding carboxylic acids is 1. The fourth-order valence-corrected chi connectivity index (χ4v) is 1.34. The van der Waals surface area contributed by atoms with Crippen molar-refractivity contribution < 1.29 is 27.1 Å². The van der Waals surface area contributed by atoms with Crippen LogP contribution in [0, 0.1) is 5.82 Å². The number of ketones is 1. The summed E-state index contributed by atoms with van der Waals surface area (Å²) in [6, 6.07) is 1.45. The number of alkyl halides is 3. The molecule has 0 atom stereocenters. The van der Waals surface area contributed by atoms with Crippen LogP contribution < -0.4 is 4.74 Å². The second-order valence-electron chi connectivity index (χ2n) is 3.29. The molecule has 0 aliphatic heterocycles. The molecule has 1 aromatic carbocycles. The van der Waals surface area contributed by atoms with Crippen molar-refractivity contribution in [2.24, 2.45) is 0 Å². The van der Waals surface area contributed by atoms with Crippen LogP contribution >= 0.6 is 0 Å². The summed E-state index contributed by atoms with van der Waals surface area (Å²) in [6.07, 6.45) is -4.81. The van der Waals surface area contributed by atoms with E-state index in [1.165, 1.54) is 6.92 Å². The summed E-state index contributed by atoms with van der Waals surface area (Å²) in [7, 11) is 0. The normalized spacial score (nSPS) is 11.4. The molecule has 1 rings (SSSR count). The van der Waals surface area contributed by atoms with Gasteiger partial charge in [0.15, 0.2) is 17.3 Å². The minimum atomic E-state index is -4.81. The fraction of sp³-hybridized carbons (Fsp3) is 0.364. The van der Waals surface area contributed by atoms with Crippen molar-refractivity contribution in [1.29, 1.82) is 0 Å². The Labute approximate surface area is 95.2 Å². The lowest BCUT2D eigenvalue weighted by atomic mass is 10.1. The maximum absolute atomic E-state index is 13.6. The topological polar surface area (TPSA) is 26.3 Å². The third kappa shape index (κ3) is 2.75. The highest BCUT2D eigenvalue weighted by Crippen LogP contribution is 2.36. The molecule has 2 nitrogen and oxygen atoms in total. The molecule has 17 heavy (non-hydrogen) atoms. The van der Waals surface area contributed by atoms with Crippen molar-refractivity contribution in [3.05, 3.63) is 29.1 Å². The largest absolute Gasteiger partial charge is 0.490 e. The minimum Gasteiger partial charge on any atom is -0.490 e. The molecule has 0 fully saturated rings. The first-order valence-corrected chi connectivity index (χ1v) is 4.82. The number of hydrogen-bond acceptors (Lipinski definition) is 2. The van der Waals surface area contributed by atoms with E-state index in [-0.39, 0.29) is 12.2 Å². The molecule has 0 amide bonds. The van der Waals surface area contributed by atoms with Gasteiger partial charge in [0.05, 0.1) is 17.7 Å². The molecule has 6 heteroatoms. The van der Waals surface area contributed by atoms with Crippen LogP contribution in [-0.4, -0.2) is 12.4 Å². The van der Waals surface area contributed by atoms with E-state index in [4.69, 9.17) is 4.74 Å². The number of carbonyl (C=O) groups is 1. The van der Waals surface area contributed by atoms with Gasteiger partial charge in [0.2, 0.25) is 0 Å². The van der Waals surface area contributed by atoms with E-state index in [9.17, 15) is 22.4 Å². The maximum atomic E-state index is 13.6. The first-order valence-electron chi connectivity index (χ1n) is 4.82. The van der Waals surface area contributed by atoms with Gasteiger partial charge < -0.3 is 4.74 Å². The van der Waals surface area contributed by atoms with Crippen molar-refractivity contribution in [2.75, 3.05) is 6.61 Å². The van der Waals surface area contributed by atoms with E-state index in [1.807, 2.05) is 0 Å². The highest BCUT2D eigenvalue weighted by Gasteiger charge is 2.36. The van der Waals surface area contributed by atoms with E-state index in [0.717, 1.165) is 13.0 Å². The molecule has 0 saturated heterocycles. The van der Waals surface area contributed by atoms with Crippen molar-refractivity contribution in [1.82, 2.24) is 0 Å². The molecule has 0 aromatic heterocycles. The SMILES string of the molecule is CCOc1c(C(C)=O)ccc(C(F)(F)F)c1F. The zero-order valence-electron chi connectivity index (χ0n) is 9.19. The minimum absolute atomic E-state index is 0.0293. The van der Waals surface area contributed by atoms with E-state index >= 15 is 0 Å². The number of halogens is 4. The van der Waals surface area contributed by atoms with Gasteiger partial charge in [-0.2, -0.15) is 13.2 Å². The number of ether oxygens (including phenoxy) is 1. The monoisotopic (exact) mass is 250 g/mol. The van der Waals surface area contributed by atoms with Gasteiger partial charge in [0.1, 0.15) is 0 Å². The third-order valence-electron chi connectivity index (χ3n) is 2.07. The summed E-state index contributed by atoms with van der Waals surface area (Å²) in [5.41, 5.74) is -1.64. The molecular weight excluding hydrogens is 240 g/mol. The summed E-state index contributed by atoms with van der Waals surface area (Å²) in [5, 5.41) is 0. The quantitative estimate of drug-likeness (QED) is 0.606. The molecule has 0 aliphatic carbocycles. The van der Waals surface area contributed by atoms with Gasteiger partial charge >= 0.3 is 6.18 Å². The lowest BCUT2D eigenvalue weighted by molar-refractivity contribution is -0.140. The molecule has 0 N–H and O–H groups in total. The van der Waals surface area contributed by atoms with Crippen molar-refractivity contribution in [3.8, 4) is 5.75 Å². The van der Waals surface area contributed by atoms with Crippen LogP contribution in [0.4, 0.5) is 17.6 Å². The summed E-state index contributed by atoms with van der Waals surface area (Å²) in [5.74, 6) is -2.75. The Morgan fingerprint density at radius 3 is 2.35 bits per heavy atom. The Kier molecular flexibility index (Phi) is 3.75. The highest BCUT2D eigenvalue weighted by atomic mass is 19.4. The molecule has 0 spiro atoms. The molecule has 1 aromatic rings. The lowest BCUT2D eigenvalue weighted by Gasteiger charge is -2.14. The number of benzene rings is 1. The fourth-order valence-electron chi connectivity index (χ4n) is 1.34. The number of rotatable bonds is 3. The highest BCUT2D eigenvalue weighted by molar-refractivity contribution is 5.97. The van der Waals surface area contributed by atoms with Gasteiger partial charge in [-0.1, -0.05) is 0 Å². The first-order chi connectivity index (χ1) is 7.79. The Balaban J connectivity index is 3.43. The van der Waals surface area contributed by atoms with Crippen molar-refractivity contribution in [3.63, 3.8) is 0 Å². The van der Waals surface area contributed by atoms with E-state index < -0.39 is 29.1 Å². The summed E-state index contributed by atoms with van der Waals surface area (Å²) in [4.78, 5) is 11.1. The average Bonchev–Trinajstić information content (AvgIpc) is 2.18. The van der Waals surface area contributed by atoms with Crippen molar-refractivity contribution in [2.45, 2.75) is 20.0 Å². The van der Waals surface area contributed by atoms with Gasteiger partial charge in [0, 0.05) is 0 Å². The molecule has 0 aliphatic rings. The second kappa shape index (κ2) is 4.73. The Morgan fingerprint density at radius 2 is 1.94 bits per heavy atom. The molecule has 94 valence electrons. The van der Waals surface area contributed by atoms with Gasteiger partial charge in [-0.25, -0.2) is 4.39 Å². The van der Waals surface area contributed by atoms with Crippen LogP contribution in [0.1, 0.15) is 29.8 Å². The van der Waals surface area contributed by atoms with Gasteiger partial charge in [0.25, 0.3) is 0 Å². The molecule has 0 heterocycles. The van der Waals surface area contributed by atoms with Gasteiger partial charge in [-0.05, 0) is 26.0 Å². The predicted octanol–water partition coefficient (Wildman–Crippen LogP) is 3.45.